The van der Waals surface area contributed by atoms with Gasteiger partial charge in [0.2, 0.25) is 0 Å². The van der Waals surface area contributed by atoms with Gasteiger partial charge in [0, 0.05) is 36.7 Å². The average molecular weight is 586 g/mol. The molecule has 0 bridgehead atoms. The number of fused-ring (bicyclic) bond motifs is 9. The lowest BCUT2D eigenvalue weighted by atomic mass is 9.80. The third-order valence-corrected chi connectivity index (χ3v) is 10.8. The SMILES string of the molecule is CC1(C)c2ccccc2-c2cc3c4cc(-c5ccc6sc7ccc(B(O)O)cc7c6c5)ccc4n(-c4ccccc4)c3cc21. The van der Waals surface area contributed by atoms with Crippen molar-refractivity contribution >= 4 is 65.9 Å². The van der Waals surface area contributed by atoms with Crippen LogP contribution in [0.3, 0.4) is 0 Å². The molecule has 8 aromatic rings. The molecule has 0 unspecified atom stereocenters. The molecule has 0 spiro atoms. The summed E-state index contributed by atoms with van der Waals surface area (Å²) >= 11 is 1.73. The van der Waals surface area contributed by atoms with E-state index >= 15 is 0 Å². The maximum Gasteiger partial charge on any atom is 0.488 e. The van der Waals surface area contributed by atoms with Crippen LogP contribution in [0.4, 0.5) is 0 Å². The van der Waals surface area contributed by atoms with Gasteiger partial charge in [-0.05, 0) is 98.8 Å². The van der Waals surface area contributed by atoms with E-state index in [1.807, 2.05) is 12.1 Å². The highest BCUT2D eigenvalue weighted by molar-refractivity contribution is 7.25. The summed E-state index contributed by atoms with van der Waals surface area (Å²) in [5.41, 5.74) is 11.7. The molecule has 0 amide bonds. The number of para-hydroxylation sites is 1. The first-order chi connectivity index (χ1) is 21.4. The quantitative estimate of drug-likeness (QED) is 0.204. The number of rotatable bonds is 3. The first-order valence-electron chi connectivity index (χ1n) is 15.0. The number of hydrogen-bond donors (Lipinski definition) is 2. The molecule has 0 fully saturated rings. The van der Waals surface area contributed by atoms with Gasteiger partial charge >= 0.3 is 7.12 Å². The third-order valence-electron chi connectivity index (χ3n) is 9.61. The summed E-state index contributed by atoms with van der Waals surface area (Å²) in [6.07, 6.45) is 0. The highest BCUT2D eigenvalue weighted by Gasteiger charge is 2.36. The fourth-order valence-corrected chi connectivity index (χ4v) is 8.45. The summed E-state index contributed by atoms with van der Waals surface area (Å²) < 4.78 is 4.73. The van der Waals surface area contributed by atoms with Crippen LogP contribution in [-0.4, -0.2) is 21.7 Å². The van der Waals surface area contributed by atoms with Gasteiger partial charge in [0.15, 0.2) is 0 Å². The Hall–Kier alpha value is -4.68. The average Bonchev–Trinajstić information content (AvgIpc) is 3.65. The molecule has 6 aromatic carbocycles. The molecule has 1 aliphatic carbocycles. The van der Waals surface area contributed by atoms with E-state index in [1.165, 1.54) is 48.8 Å². The van der Waals surface area contributed by atoms with Crippen LogP contribution in [0, 0.1) is 0 Å². The van der Waals surface area contributed by atoms with Crippen LogP contribution in [0.25, 0.3) is 69.9 Å². The lowest BCUT2D eigenvalue weighted by Crippen LogP contribution is -2.29. The van der Waals surface area contributed by atoms with Crippen molar-refractivity contribution in [2.45, 2.75) is 19.3 Å². The van der Waals surface area contributed by atoms with E-state index in [2.05, 4.69) is 122 Å². The minimum atomic E-state index is -1.49. The lowest BCUT2D eigenvalue weighted by molar-refractivity contribution is 0.426. The fourth-order valence-electron chi connectivity index (χ4n) is 7.38. The van der Waals surface area contributed by atoms with Crippen molar-refractivity contribution in [3.05, 3.63) is 132 Å². The minimum Gasteiger partial charge on any atom is -0.423 e. The minimum absolute atomic E-state index is 0.0755. The molecule has 0 atom stereocenters. The maximum atomic E-state index is 9.80. The standard InChI is InChI=1S/C39H28BNO2S/c1-39(2)33-11-7-6-10-27(33)28-21-30-29-18-23(12-15-35(29)41(36(30)22-34(28)39)26-8-4-3-5-9-26)24-13-16-37-31(19-24)32-20-25(40(42)43)14-17-38(32)44-37/h3-22,42-43H,1-2H3. The van der Waals surface area contributed by atoms with Gasteiger partial charge in [-0.2, -0.15) is 0 Å². The molecular formula is C39H28BNO2S. The predicted molar refractivity (Wildman–Crippen MR) is 186 cm³/mol. The van der Waals surface area contributed by atoms with Gasteiger partial charge in [0.05, 0.1) is 11.0 Å². The van der Waals surface area contributed by atoms with Crippen molar-refractivity contribution in [2.24, 2.45) is 0 Å². The van der Waals surface area contributed by atoms with E-state index in [4.69, 9.17) is 0 Å². The molecule has 0 saturated heterocycles. The number of thiophene rings is 1. The molecule has 0 radical (unpaired) electrons. The van der Waals surface area contributed by atoms with Crippen LogP contribution in [0.1, 0.15) is 25.0 Å². The first-order valence-corrected chi connectivity index (χ1v) is 15.8. The zero-order valence-corrected chi connectivity index (χ0v) is 25.2. The third kappa shape index (κ3) is 3.58. The normalized spacial score (nSPS) is 13.6. The smallest absolute Gasteiger partial charge is 0.423 e. The number of nitrogens with zero attached hydrogens (tertiary/aromatic N) is 1. The van der Waals surface area contributed by atoms with E-state index in [1.54, 1.807) is 17.4 Å². The Morgan fingerprint density at radius 1 is 0.568 bits per heavy atom. The molecule has 2 N–H and O–H groups in total. The second kappa shape index (κ2) is 9.17. The number of hydrogen-bond acceptors (Lipinski definition) is 3. The van der Waals surface area contributed by atoms with Gasteiger partial charge < -0.3 is 14.6 Å². The van der Waals surface area contributed by atoms with Gasteiger partial charge in [-0.1, -0.05) is 80.6 Å². The Bertz CT molecular complexity index is 2450. The van der Waals surface area contributed by atoms with Gasteiger partial charge in [-0.25, -0.2) is 0 Å². The molecule has 210 valence electrons. The van der Waals surface area contributed by atoms with Crippen LogP contribution in [-0.2, 0) is 5.41 Å². The summed E-state index contributed by atoms with van der Waals surface area (Å²) in [7, 11) is -1.49. The molecular weight excluding hydrogens is 557 g/mol. The van der Waals surface area contributed by atoms with Crippen molar-refractivity contribution < 1.29 is 10.0 Å². The van der Waals surface area contributed by atoms with Crippen molar-refractivity contribution in [3.8, 4) is 27.9 Å². The molecule has 3 nitrogen and oxygen atoms in total. The molecule has 2 aromatic heterocycles. The fraction of sp³-hybridized carbons (Fsp3) is 0.0769. The van der Waals surface area contributed by atoms with E-state index in [-0.39, 0.29) is 5.41 Å². The Morgan fingerprint density at radius 3 is 2.02 bits per heavy atom. The Morgan fingerprint density at radius 2 is 1.23 bits per heavy atom. The predicted octanol–water partition coefficient (Wildman–Crippen LogP) is 8.80. The van der Waals surface area contributed by atoms with Gasteiger partial charge in [0.25, 0.3) is 0 Å². The molecule has 9 rings (SSSR count). The molecule has 44 heavy (non-hydrogen) atoms. The number of aromatic nitrogens is 1. The van der Waals surface area contributed by atoms with Crippen molar-refractivity contribution in [1.82, 2.24) is 4.57 Å². The second-order valence-electron chi connectivity index (χ2n) is 12.4. The summed E-state index contributed by atoms with van der Waals surface area (Å²) in [5, 5.41) is 24.3. The van der Waals surface area contributed by atoms with Crippen LogP contribution in [0.5, 0.6) is 0 Å². The Kier molecular flexibility index (Phi) is 5.37. The van der Waals surface area contributed by atoms with Crippen LogP contribution in [0.2, 0.25) is 0 Å². The zero-order valence-electron chi connectivity index (χ0n) is 24.4. The zero-order chi connectivity index (χ0) is 29.7. The van der Waals surface area contributed by atoms with Crippen molar-refractivity contribution in [3.63, 3.8) is 0 Å². The van der Waals surface area contributed by atoms with Gasteiger partial charge in [-0.15, -0.1) is 11.3 Å². The van der Waals surface area contributed by atoms with Gasteiger partial charge in [0.1, 0.15) is 0 Å². The highest BCUT2D eigenvalue weighted by Crippen LogP contribution is 2.51. The topological polar surface area (TPSA) is 45.4 Å². The Labute approximate surface area is 259 Å². The van der Waals surface area contributed by atoms with E-state index in [0.717, 1.165) is 32.3 Å². The largest absolute Gasteiger partial charge is 0.488 e. The van der Waals surface area contributed by atoms with Crippen molar-refractivity contribution in [1.29, 1.82) is 0 Å². The summed E-state index contributed by atoms with van der Waals surface area (Å²) in [6, 6.07) is 43.5. The summed E-state index contributed by atoms with van der Waals surface area (Å²) in [5.74, 6) is 0. The molecule has 1 aliphatic rings. The number of benzene rings is 6. The lowest BCUT2D eigenvalue weighted by Gasteiger charge is -2.21. The summed E-state index contributed by atoms with van der Waals surface area (Å²) in [6.45, 7) is 4.68. The highest BCUT2D eigenvalue weighted by atomic mass is 32.1. The molecule has 0 aliphatic heterocycles. The van der Waals surface area contributed by atoms with Crippen LogP contribution < -0.4 is 5.46 Å². The maximum absolute atomic E-state index is 9.80. The molecule has 2 heterocycles. The monoisotopic (exact) mass is 585 g/mol. The first kappa shape index (κ1) is 25.8. The van der Waals surface area contributed by atoms with Crippen molar-refractivity contribution in [2.75, 3.05) is 0 Å². The molecule has 5 heteroatoms. The van der Waals surface area contributed by atoms with E-state index in [9.17, 15) is 10.0 Å². The van der Waals surface area contributed by atoms with Gasteiger partial charge in [-0.3, -0.25) is 0 Å². The van der Waals surface area contributed by atoms with E-state index in [0.29, 0.717) is 5.46 Å². The second-order valence-corrected chi connectivity index (χ2v) is 13.5. The molecule has 0 saturated carbocycles. The van der Waals surface area contributed by atoms with Crippen LogP contribution in [0.15, 0.2) is 121 Å². The van der Waals surface area contributed by atoms with Crippen LogP contribution >= 0.6 is 11.3 Å². The Balaban J connectivity index is 1.31. The van der Waals surface area contributed by atoms with E-state index < -0.39 is 7.12 Å². The summed E-state index contributed by atoms with van der Waals surface area (Å²) in [4.78, 5) is 0.